The molecule has 0 heterocycles. The van der Waals surface area contributed by atoms with Gasteiger partial charge < -0.3 is 0 Å². The molecule has 1 fully saturated rings. The van der Waals surface area contributed by atoms with Crippen molar-refractivity contribution in [3.8, 4) is 0 Å². The van der Waals surface area contributed by atoms with Crippen molar-refractivity contribution in [3.63, 3.8) is 0 Å². The molecule has 0 N–H and O–H groups in total. The lowest BCUT2D eigenvalue weighted by Crippen LogP contribution is -2.30. The van der Waals surface area contributed by atoms with E-state index in [1.807, 2.05) is 0 Å². The molecule has 0 aromatic carbocycles. The standard InChI is InChI=1S/C20H36/c1-5-6-7-8-9-10-11-19(20(2,3)4)18-15-16-12-13-17(18)14-16/h12-13,16-19H,5-11,14-15H2,1-4H3. The normalized spacial score (nSPS) is 30.1. The first-order chi connectivity index (χ1) is 9.52. The molecule has 0 radical (unpaired) electrons. The predicted molar refractivity (Wildman–Crippen MR) is 89.8 cm³/mol. The number of hydrogen-bond donors (Lipinski definition) is 0. The summed E-state index contributed by atoms with van der Waals surface area (Å²) in [5, 5.41) is 0. The Kier molecular flexibility index (Phi) is 5.75. The van der Waals surface area contributed by atoms with Gasteiger partial charge in [0.05, 0.1) is 0 Å². The monoisotopic (exact) mass is 276 g/mol. The summed E-state index contributed by atoms with van der Waals surface area (Å²) in [6, 6.07) is 0. The Labute approximate surface area is 127 Å². The zero-order valence-corrected chi connectivity index (χ0v) is 14.3. The summed E-state index contributed by atoms with van der Waals surface area (Å²) in [5.74, 6) is 3.78. The summed E-state index contributed by atoms with van der Waals surface area (Å²) in [6.07, 6.45) is 18.1. The fraction of sp³-hybridized carbons (Fsp3) is 0.900. The van der Waals surface area contributed by atoms with Crippen molar-refractivity contribution < 1.29 is 0 Å². The van der Waals surface area contributed by atoms with Gasteiger partial charge in [-0.15, -0.1) is 0 Å². The van der Waals surface area contributed by atoms with Gasteiger partial charge in [0.2, 0.25) is 0 Å². The molecule has 0 amide bonds. The van der Waals surface area contributed by atoms with Gasteiger partial charge in [-0.3, -0.25) is 0 Å². The molecular formula is C20H36. The van der Waals surface area contributed by atoms with Gasteiger partial charge in [-0.05, 0) is 48.3 Å². The molecule has 0 aromatic heterocycles. The van der Waals surface area contributed by atoms with Crippen LogP contribution in [-0.4, -0.2) is 0 Å². The van der Waals surface area contributed by atoms with Crippen molar-refractivity contribution in [3.05, 3.63) is 12.2 Å². The Morgan fingerprint density at radius 3 is 2.20 bits per heavy atom. The Morgan fingerprint density at radius 1 is 0.950 bits per heavy atom. The molecule has 0 aromatic rings. The third-order valence-electron chi connectivity index (χ3n) is 5.83. The summed E-state index contributed by atoms with van der Waals surface area (Å²) in [6.45, 7) is 9.73. The summed E-state index contributed by atoms with van der Waals surface area (Å²) in [7, 11) is 0. The number of fused-ring (bicyclic) bond motifs is 2. The average Bonchev–Trinajstić information content (AvgIpc) is 2.98. The smallest absolute Gasteiger partial charge is 0.0196 e. The van der Waals surface area contributed by atoms with E-state index in [1.54, 1.807) is 0 Å². The number of hydrogen-bond acceptors (Lipinski definition) is 0. The SMILES string of the molecule is CCCCCCCCC(C1CC2C=CC1C2)C(C)(C)C. The van der Waals surface area contributed by atoms with E-state index in [1.165, 1.54) is 57.8 Å². The maximum absolute atomic E-state index is 2.54. The van der Waals surface area contributed by atoms with Crippen LogP contribution in [0.25, 0.3) is 0 Å². The lowest BCUT2D eigenvalue weighted by Gasteiger charge is -2.38. The van der Waals surface area contributed by atoms with Gasteiger partial charge in [-0.1, -0.05) is 78.4 Å². The third-order valence-corrected chi connectivity index (χ3v) is 5.83. The Bertz CT molecular complexity index is 306. The summed E-state index contributed by atoms with van der Waals surface area (Å²) < 4.78 is 0. The zero-order valence-electron chi connectivity index (χ0n) is 14.3. The molecule has 0 aliphatic heterocycles. The molecule has 4 unspecified atom stereocenters. The summed E-state index contributed by atoms with van der Waals surface area (Å²) >= 11 is 0. The Hall–Kier alpha value is -0.260. The minimum absolute atomic E-state index is 0.492. The van der Waals surface area contributed by atoms with E-state index < -0.39 is 0 Å². The van der Waals surface area contributed by atoms with Crippen LogP contribution in [0.4, 0.5) is 0 Å². The minimum atomic E-state index is 0.492. The van der Waals surface area contributed by atoms with Crippen molar-refractivity contribution in [2.24, 2.45) is 29.1 Å². The quantitative estimate of drug-likeness (QED) is 0.345. The van der Waals surface area contributed by atoms with Gasteiger partial charge in [-0.2, -0.15) is 0 Å². The van der Waals surface area contributed by atoms with E-state index in [0.29, 0.717) is 5.41 Å². The van der Waals surface area contributed by atoms with E-state index in [4.69, 9.17) is 0 Å². The van der Waals surface area contributed by atoms with Crippen molar-refractivity contribution in [1.82, 2.24) is 0 Å². The Morgan fingerprint density at radius 2 is 1.65 bits per heavy atom. The fourth-order valence-electron chi connectivity index (χ4n) is 4.72. The van der Waals surface area contributed by atoms with Crippen LogP contribution in [0.5, 0.6) is 0 Å². The van der Waals surface area contributed by atoms with Crippen LogP contribution in [0.2, 0.25) is 0 Å². The van der Waals surface area contributed by atoms with Crippen molar-refractivity contribution >= 4 is 0 Å². The van der Waals surface area contributed by atoms with Gasteiger partial charge in [0.25, 0.3) is 0 Å². The van der Waals surface area contributed by atoms with Crippen LogP contribution in [0, 0.1) is 29.1 Å². The highest BCUT2D eigenvalue weighted by molar-refractivity contribution is 5.11. The van der Waals surface area contributed by atoms with E-state index >= 15 is 0 Å². The number of unbranched alkanes of at least 4 members (excludes halogenated alkanes) is 5. The minimum Gasteiger partial charge on any atom is -0.0851 e. The van der Waals surface area contributed by atoms with Gasteiger partial charge in [0.15, 0.2) is 0 Å². The first kappa shape index (κ1) is 16.1. The molecule has 2 rings (SSSR count). The van der Waals surface area contributed by atoms with Crippen LogP contribution < -0.4 is 0 Å². The number of rotatable bonds is 8. The van der Waals surface area contributed by atoms with Crippen molar-refractivity contribution in [2.45, 2.75) is 85.5 Å². The molecule has 4 atom stereocenters. The Balaban J connectivity index is 1.78. The van der Waals surface area contributed by atoms with Gasteiger partial charge in [-0.25, -0.2) is 0 Å². The largest absolute Gasteiger partial charge is 0.0851 e. The van der Waals surface area contributed by atoms with Gasteiger partial charge >= 0.3 is 0 Å². The zero-order chi connectivity index (χ0) is 14.6. The molecule has 2 bridgehead atoms. The second-order valence-electron chi connectivity index (χ2n) is 8.47. The predicted octanol–water partition coefficient (Wildman–Crippen LogP) is 6.61. The topological polar surface area (TPSA) is 0 Å². The van der Waals surface area contributed by atoms with E-state index in [-0.39, 0.29) is 0 Å². The maximum atomic E-state index is 2.54. The molecule has 2 aliphatic rings. The highest BCUT2D eigenvalue weighted by atomic mass is 14.5. The summed E-state index contributed by atoms with van der Waals surface area (Å²) in [4.78, 5) is 0. The van der Waals surface area contributed by atoms with Crippen LogP contribution in [0.15, 0.2) is 12.2 Å². The number of allylic oxidation sites excluding steroid dienone is 2. The lowest BCUT2D eigenvalue weighted by molar-refractivity contribution is 0.123. The third kappa shape index (κ3) is 4.12. The van der Waals surface area contributed by atoms with Gasteiger partial charge in [0, 0.05) is 0 Å². The van der Waals surface area contributed by atoms with Crippen LogP contribution in [0.3, 0.4) is 0 Å². The molecule has 0 nitrogen and oxygen atoms in total. The van der Waals surface area contributed by atoms with E-state index in [2.05, 4.69) is 39.8 Å². The molecule has 0 saturated heterocycles. The second-order valence-corrected chi connectivity index (χ2v) is 8.47. The van der Waals surface area contributed by atoms with Gasteiger partial charge in [0.1, 0.15) is 0 Å². The molecule has 2 aliphatic carbocycles. The average molecular weight is 277 g/mol. The molecule has 0 heteroatoms. The van der Waals surface area contributed by atoms with Crippen molar-refractivity contribution in [2.75, 3.05) is 0 Å². The van der Waals surface area contributed by atoms with Crippen LogP contribution in [-0.2, 0) is 0 Å². The second kappa shape index (κ2) is 7.14. The summed E-state index contributed by atoms with van der Waals surface area (Å²) in [5.41, 5.74) is 0.492. The first-order valence-electron chi connectivity index (χ1n) is 9.20. The molecule has 1 saturated carbocycles. The first-order valence-corrected chi connectivity index (χ1v) is 9.20. The van der Waals surface area contributed by atoms with E-state index in [9.17, 15) is 0 Å². The molecule has 0 spiro atoms. The fourth-order valence-corrected chi connectivity index (χ4v) is 4.72. The highest BCUT2D eigenvalue weighted by Gasteiger charge is 2.43. The van der Waals surface area contributed by atoms with Crippen molar-refractivity contribution in [1.29, 1.82) is 0 Å². The highest BCUT2D eigenvalue weighted by Crippen LogP contribution is 2.52. The van der Waals surface area contributed by atoms with E-state index in [0.717, 1.165) is 23.7 Å². The molecule has 20 heavy (non-hydrogen) atoms. The maximum Gasteiger partial charge on any atom is -0.0196 e. The molecular weight excluding hydrogens is 240 g/mol. The molecule has 116 valence electrons. The van der Waals surface area contributed by atoms with Crippen LogP contribution >= 0.6 is 0 Å². The lowest BCUT2D eigenvalue weighted by atomic mass is 9.67. The van der Waals surface area contributed by atoms with Crippen LogP contribution in [0.1, 0.15) is 85.5 Å².